The Hall–Kier alpha value is -6.16. The minimum atomic E-state index is -1.28. The molecule has 0 saturated carbocycles. The maximum atomic E-state index is 12.9. The number of hydrogen-bond acceptors (Lipinski definition) is 10. The maximum absolute atomic E-state index is 12.9. The molecule has 5 heterocycles. The predicted octanol–water partition coefficient (Wildman–Crippen LogP) is 2.47. The number of nitrogens with zero attached hydrogens (tertiary/aromatic N) is 5. The number of aliphatic hydroxyl groups is 1. The van der Waals surface area contributed by atoms with Crippen LogP contribution in [0, 0.1) is 13.8 Å². The molecule has 0 spiro atoms. The molecule has 6 aromatic rings. The summed E-state index contributed by atoms with van der Waals surface area (Å²) in [5.41, 5.74) is -0.175. The molecular formula is C38H35N7O8. The van der Waals surface area contributed by atoms with Gasteiger partial charge in [-0.15, -0.1) is 5.10 Å². The zero-order valence-electron chi connectivity index (χ0n) is 28.7. The van der Waals surface area contributed by atoms with Crippen LogP contribution in [0.3, 0.4) is 0 Å². The molecule has 0 amide bonds. The molecule has 3 aromatic carbocycles. The second-order valence-corrected chi connectivity index (χ2v) is 13.3. The average molecular weight is 718 g/mol. The van der Waals surface area contributed by atoms with E-state index in [-0.39, 0.29) is 19.5 Å². The highest BCUT2D eigenvalue weighted by Gasteiger charge is 2.50. The molecule has 3 N–H and O–H groups in total. The summed E-state index contributed by atoms with van der Waals surface area (Å²) < 4.78 is 24.4. The molecule has 0 aliphatic carbocycles. The first-order chi connectivity index (χ1) is 25.6. The zero-order valence-corrected chi connectivity index (χ0v) is 28.7. The van der Waals surface area contributed by atoms with Crippen molar-refractivity contribution in [3.8, 4) is 11.5 Å². The molecule has 8 rings (SSSR count). The molecule has 3 aromatic heterocycles. The first-order valence-corrected chi connectivity index (χ1v) is 17.1. The number of aromatic amines is 2. The Bertz CT molecular complexity index is 2510. The minimum absolute atomic E-state index is 0.0142. The van der Waals surface area contributed by atoms with E-state index in [2.05, 4.69) is 20.3 Å². The Morgan fingerprint density at radius 3 is 2.17 bits per heavy atom. The molecule has 53 heavy (non-hydrogen) atoms. The van der Waals surface area contributed by atoms with Crippen molar-refractivity contribution < 1.29 is 19.3 Å². The summed E-state index contributed by atoms with van der Waals surface area (Å²) in [5.74, 6) is 1.17. The van der Waals surface area contributed by atoms with Crippen LogP contribution in [0.25, 0.3) is 0 Å². The summed E-state index contributed by atoms with van der Waals surface area (Å²) in [6.45, 7) is 3.23. The van der Waals surface area contributed by atoms with Gasteiger partial charge in [-0.25, -0.2) is 14.3 Å². The van der Waals surface area contributed by atoms with Crippen molar-refractivity contribution in [1.82, 2.24) is 34.1 Å². The van der Waals surface area contributed by atoms with Gasteiger partial charge in [0.05, 0.1) is 25.4 Å². The van der Waals surface area contributed by atoms with Crippen molar-refractivity contribution in [2.24, 2.45) is 0 Å². The van der Waals surface area contributed by atoms with Crippen molar-refractivity contribution in [2.75, 3.05) is 0 Å². The number of aliphatic hydroxyl groups excluding tert-OH is 1. The number of rotatable bonds is 9. The third-order valence-electron chi connectivity index (χ3n) is 9.69. The topological polar surface area (TPSA) is 188 Å². The van der Waals surface area contributed by atoms with Crippen molar-refractivity contribution in [2.45, 2.75) is 63.5 Å². The van der Waals surface area contributed by atoms with E-state index in [1.54, 1.807) is 24.7 Å². The standard InChI is InChI=1S/C38H35N7O8/c1-22-17-43(36(49)39-34(22)47)19-25-20-44(42-41-25)21-31(33-28(46)16-32(52-33)45-18-23(2)35(48)40-37(45)50)53-38(24-10-4-3-5-11-24)26-12-6-8-14-29(26)51-30-15-9-7-13-27(30)38/h3-15,17-18,20,28,31-33,46H,16,19,21H2,1-2H3,(H,39,47,49)(H,40,48,50)/t28-,31-,32+,33-/m0/s1. The number of para-hydroxylation sites is 2. The largest absolute Gasteiger partial charge is 0.457 e. The summed E-state index contributed by atoms with van der Waals surface area (Å²) in [6, 6.07) is 24.8. The first-order valence-electron chi connectivity index (χ1n) is 17.1. The normalized spacial score (nSPS) is 19.3. The van der Waals surface area contributed by atoms with Crippen LogP contribution in [0.1, 0.15) is 46.2 Å². The number of aryl methyl sites for hydroxylation is 2. The number of H-pyrrole nitrogens is 2. The van der Waals surface area contributed by atoms with E-state index in [0.29, 0.717) is 28.3 Å². The molecule has 1 fully saturated rings. The highest BCUT2D eigenvalue weighted by atomic mass is 16.6. The van der Waals surface area contributed by atoms with Crippen molar-refractivity contribution >= 4 is 0 Å². The van der Waals surface area contributed by atoms with Crippen LogP contribution >= 0.6 is 0 Å². The van der Waals surface area contributed by atoms with Gasteiger partial charge in [0.1, 0.15) is 35.6 Å². The van der Waals surface area contributed by atoms with E-state index in [0.717, 1.165) is 16.7 Å². The van der Waals surface area contributed by atoms with Crippen LogP contribution in [0.4, 0.5) is 0 Å². The Morgan fingerprint density at radius 2 is 1.47 bits per heavy atom. The number of fused-ring (bicyclic) bond motifs is 2. The van der Waals surface area contributed by atoms with Crippen LogP contribution in [-0.2, 0) is 28.2 Å². The van der Waals surface area contributed by atoms with Gasteiger partial charge in [-0.3, -0.25) is 28.7 Å². The summed E-state index contributed by atoms with van der Waals surface area (Å²) in [5, 5.41) is 20.4. The van der Waals surface area contributed by atoms with Gasteiger partial charge >= 0.3 is 11.4 Å². The summed E-state index contributed by atoms with van der Waals surface area (Å²) >= 11 is 0. The number of aromatic nitrogens is 7. The lowest BCUT2D eigenvalue weighted by Crippen LogP contribution is -2.47. The molecule has 0 unspecified atom stereocenters. The van der Waals surface area contributed by atoms with E-state index in [9.17, 15) is 24.3 Å². The number of benzene rings is 3. The molecule has 0 radical (unpaired) electrons. The van der Waals surface area contributed by atoms with Crippen LogP contribution < -0.4 is 27.2 Å². The SMILES string of the molecule is Cc1cn(Cc2cn(C[C@H](OC3(c4ccccc4)c4ccccc4Oc4ccccc43)[C@H]3O[C@@H](n4cc(C)c(=O)[nH]c4=O)C[C@@H]3O)nn2)c(=O)[nH]c1=O. The highest BCUT2D eigenvalue weighted by Crippen LogP contribution is 2.53. The second-order valence-electron chi connectivity index (χ2n) is 13.3. The lowest BCUT2D eigenvalue weighted by atomic mass is 9.77. The Kier molecular flexibility index (Phi) is 8.60. The summed E-state index contributed by atoms with van der Waals surface area (Å²) in [7, 11) is 0. The molecule has 15 heteroatoms. The van der Waals surface area contributed by atoms with Gasteiger partial charge in [0.15, 0.2) is 5.60 Å². The van der Waals surface area contributed by atoms with Crippen LogP contribution in [0.15, 0.2) is 117 Å². The van der Waals surface area contributed by atoms with E-state index in [1.807, 2.05) is 78.9 Å². The molecule has 0 bridgehead atoms. The third kappa shape index (κ3) is 6.13. The van der Waals surface area contributed by atoms with Crippen LogP contribution in [0.5, 0.6) is 11.5 Å². The highest BCUT2D eigenvalue weighted by molar-refractivity contribution is 5.61. The van der Waals surface area contributed by atoms with Gasteiger partial charge in [-0.2, -0.15) is 0 Å². The average Bonchev–Trinajstić information content (AvgIpc) is 3.77. The first kappa shape index (κ1) is 34.0. The van der Waals surface area contributed by atoms with Gasteiger partial charge in [-0.05, 0) is 31.5 Å². The summed E-state index contributed by atoms with van der Waals surface area (Å²) in [4.78, 5) is 54.2. The van der Waals surface area contributed by atoms with E-state index >= 15 is 0 Å². The Morgan fingerprint density at radius 1 is 0.849 bits per heavy atom. The van der Waals surface area contributed by atoms with Gasteiger partial charge in [0, 0.05) is 41.1 Å². The lowest BCUT2D eigenvalue weighted by Gasteiger charge is -2.43. The van der Waals surface area contributed by atoms with Gasteiger partial charge in [0.2, 0.25) is 0 Å². The van der Waals surface area contributed by atoms with E-state index in [4.69, 9.17) is 14.2 Å². The second kappa shape index (κ2) is 13.4. The molecular weight excluding hydrogens is 682 g/mol. The number of nitrogens with one attached hydrogen (secondary N) is 2. The number of ether oxygens (including phenoxy) is 3. The fourth-order valence-electron chi connectivity index (χ4n) is 7.15. The Balaban J connectivity index is 1.24. The van der Waals surface area contributed by atoms with Crippen LogP contribution in [0.2, 0.25) is 0 Å². The molecule has 4 atom stereocenters. The molecule has 270 valence electrons. The van der Waals surface area contributed by atoms with Gasteiger partial charge < -0.3 is 19.3 Å². The van der Waals surface area contributed by atoms with Crippen molar-refractivity contribution in [3.05, 3.63) is 173 Å². The molecule has 2 aliphatic heterocycles. The minimum Gasteiger partial charge on any atom is -0.457 e. The third-order valence-corrected chi connectivity index (χ3v) is 9.69. The van der Waals surface area contributed by atoms with Gasteiger partial charge in [-0.1, -0.05) is 71.9 Å². The van der Waals surface area contributed by atoms with Crippen molar-refractivity contribution in [1.29, 1.82) is 0 Å². The fourth-order valence-corrected chi connectivity index (χ4v) is 7.15. The van der Waals surface area contributed by atoms with E-state index in [1.165, 1.54) is 21.5 Å². The Labute approximate surface area is 300 Å². The quantitative estimate of drug-likeness (QED) is 0.201. The maximum Gasteiger partial charge on any atom is 0.330 e. The summed E-state index contributed by atoms with van der Waals surface area (Å²) in [6.07, 6.45) is 0.540. The monoisotopic (exact) mass is 717 g/mol. The fraction of sp³-hybridized carbons (Fsp3) is 0.263. The zero-order chi connectivity index (χ0) is 36.9. The predicted molar refractivity (Wildman–Crippen MR) is 190 cm³/mol. The van der Waals surface area contributed by atoms with Crippen molar-refractivity contribution in [3.63, 3.8) is 0 Å². The molecule has 1 saturated heterocycles. The lowest BCUT2D eigenvalue weighted by molar-refractivity contribution is -0.151. The molecule has 15 nitrogen and oxygen atoms in total. The number of hydrogen-bond donors (Lipinski definition) is 3. The smallest absolute Gasteiger partial charge is 0.330 e. The van der Waals surface area contributed by atoms with Gasteiger partial charge in [0.25, 0.3) is 11.1 Å². The van der Waals surface area contributed by atoms with Crippen LogP contribution in [-0.4, -0.2) is 57.5 Å². The van der Waals surface area contributed by atoms with E-state index < -0.39 is 52.6 Å². The molecule has 2 aliphatic rings.